The Kier molecular flexibility index (Phi) is 7.28. The molecule has 3 N–H and O–H groups in total. The Labute approximate surface area is 148 Å². The van der Waals surface area contributed by atoms with Crippen LogP contribution in [-0.4, -0.2) is 24.2 Å². The molecule has 0 fully saturated rings. The summed E-state index contributed by atoms with van der Waals surface area (Å²) in [5.74, 6) is 0.732. The number of nitrogens with one attached hydrogen (secondary N) is 2. The molecule has 1 unspecified atom stereocenters. The van der Waals surface area contributed by atoms with Crippen LogP contribution in [0.25, 0.3) is 0 Å². The predicted octanol–water partition coefficient (Wildman–Crippen LogP) is 3.41. The first-order chi connectivity index (χ1) is 11.6. The van der Waals surface area contributed by atoms with Crippen LogP contribution in [0.15, 0.2) is 41.4 Å². The van der Waals surface area contributed by atoms with E-state index in [0.717, 1.165) is 24.5 Å². The molecule has 0 bridgehead atoms. The van der Waals surface area contributed by atoms with Gasteiger partial charge in [-0.1, -0.05) is 36.8 Å². The molecule has 1 heterocycles. The van der Waals surface area contributed by atoms with E-state index in [4.69, 9.17) is 0 Å². The predicted molar refractivity (Wildman–Crippen MR) is 103 cm³/mol. The van der Waals surface area contributed by atoms with E-state index in [1.54, 1.807) is 11.3 Å². The highest BCUT2D eigenvalue weighted by Crippen LogP contribution is 2.17. The average molecular weight is 346 g/mol. The second-order valence-corrected chi connectivity index (χ2v) is 6.98. The average Bonchev–Trinajstić information content (AvgIpc) is 3.06. The van der Waals surface area contributed by atoms with Gasteiger partial charge in [0.05, 0.1) is 12.6 Å². The molecule has 0 radical (unpaired) electrons. The number of guanidine groups is 1. The molecule has 1 aromatic carbocycles. The zero-order valence-electron chi connectivity index (χ0n) is 14.7. The summed E-state index contributed by atoms with van der Waals surface area (Å²) in [6.07, 6.45) is 0.512. The van der Waals surface area contributed by atoms with E-state index in [2.05, 4.69) is 34.7 Å². The fraction of sp³-hybridized carbons (Fsp3) is 0.421. The first kappa shape index (κ1) is 18.5. The Balaban J connectivity index is 1.92. The second kappa shape index (κ2) is 9.45. The summed E-state index contributed by atoms with van der Waals surface area (Å²) >= 11 is 1.80. The van der Waals surface area contributed by atoms with Gasteiger partial charge in [0, 0.05) is 22.8 Å². The highest BCUT2D eigenvalue weighted by atomic mass is 32.1. The van der Waals surface area contributed by atoms with Gasteiger partial charge in [0.15, 0.2) is 5.96 Å². The van der Waals surface area contributed by atoms with E-state index in [1.165, 1.54) is 15.3 Å². The molecule has 2 aromatic rings. The first-order valence-corrected chi connectivity index (χ1v) is 9.28. The standard InChI is InChI=1S/C19H27N3OS/c1-4-16-10-11-17(24-16)12-21-19(20-5-2)22-13-18(23)15-8-6-14(3)7-9-15/h6-11,18,23H,4-5,12-13H2,1-3H3,(H2,20,21,22). The minimum Gasteiger partial charge on any atom is -0.387 e. The third-order valence-electron chi connectivity index (χ3n) is 3.73. The maximum absolute atomic E-state index is 10.3. The molecule has 4 nitrogen and oxygen atoms in total. The van der Waals surface area contributed by atoms with Crippen molar-refractivity contribution in [2.24, 2.45) is 4.99 Å². The first-order valence-electron chi connectivity index (χ1n) is 8.46. The van der Waals surface area contributed by atoms with Crippen LogP contribution in [0.2, 0.25) is 0 Å². The lowest BCUT2D eigenvalue weighted by atomic mass is 10.1. The van der Waals surface area contributed by atoms with Gasteiger partial charge >= 0.3 is 0 Å². The SMILES string of the molecule is CCNC(=NCc1ccc(CC)s1)NCC(O)c1ccc(C)cc1. The lowest BCUT2D eigenvalue weighted by Gasteiger charge is -2.15. The van der Waals surface area contributed by atoms with Gasteiger partial charge in [-0.25, -0.2) is 4.99 Å². The van der Waals surface area contributed by atoms with Crippen LogP contribution in [0.1, 0.15) is 40.8 Å². The van der Waals surface area contributed by atoms with E-state index >= 15 is 0 Å². The Morgan fingerprint density at radius 2 is 1.79 bits per heavy atom. The van der Waals surface area contributed by atoms with Crippen LogP contribution in [0.4, 0.5) is 0 Å². The minimum absolute atomic E-state index is 0.430. The second-order valence-electron chi connectivity index (χ2n) is 5.72. The van der Waals surface area contributed by atoms with Gasteiger partial charge in [-0.15, -0.1) is 11.3 Å². The molecule has 0 aliphatic rings. The molecular formula is C19H27N3OS. The summed E-state index contributed by atoms with van der Waals surface area (Å²) in [7, 11) is 0. The van der Waals surface area contributed by atoms with E-state index in [1.807, 2.05) is 38.1 Å². The molecule has 0 spiro atoms. The van der Waals surface area contributed by atoms with E-state index in [0.29, 0.717) is 13.1 Å². The summed E-state index contributed by atoms with van der Waals surface area (Å²) in [6.45, 7) is 8.11. The van der Waals surface area contributed by atoms with Gasteiger partial charge in [-0.2, -0.15) is 0 Å². The van der Waals surface area contributed by atoms with E-state index in [9.17, 15) is 5.11 Å². The largest absolute Gasteiger partial charge is 0.387 e. The van der Waals surface area contributed by atoms with Crippen molar-refractivity contribution < 1.29 is 5.11 Å². The monoisotopic (exact) mass is 345 g/mol. The molecule has 0 saturated carbocycles. The van der Waals surface area contributed by atoms with Crippen molar-refractivity contribution in [3.8, 4) is 0 Å². The maximum atomic E-state index is 10.3. The molecule has 5 heteroatoms. The van der Waals surface area contributed by atoms with Gasteiger partial charge in [0.1, 0.15) is 0 Å². The number of aliphatic hydroxyl groups is 1. The molecule has 2 rings (SSSR count). The summed E-state index contributed by atoms with van der Waals surface area (Å²) in [5.41, 5.74) is 2.10. The molecule has 0 saturated heterocycles. The van der Waals surface area contributed by atoms with Crippen LogP contribution >= 0.6 is 11.3 Å². The van der Waals surface area contributed by atoms with Crippen LogP contribution in [-0.2, 0) is 13.0 Å². The molecular weight excluding hydrogens is 318 g/mol. The maximum Gasteiger partial charge on any atom is 0.191 e. The van der Waals surface area contributed by atoms with Gasteiger partial charge in [0.2, 0.25) is 0 Å². The number of aliphatic imine (C=N–C) groups is 1. The van der Waals surface area contributed by atoms with Crippen LogP contribution in [0, 0.1) is 6.92 Å². The lowest BCUT2D eigenvalue weighted by molar-refractivity contribution is 0.181. The van der Waals surface area contributed by atoms with Crippen LogP contribution < -0.4 is 10.6 Å². The zero-order valence-corrected chi connectivity index (χ0v) is 15.5. The number of aliphatic hydroxyl groups excluding tert-OH is 1. The Hall–Kier alpha value is -1.85. The number of hydrogen-bond donors (Lipinski definition) is 3. The van der Waals surface area contributed by atoms with Crippen molar-refractivity contribution in [3.63, 3.8) is 0 Å². The summed E-state index contributed by atoms with van der Waals surface area (Å²) in [6, 6.07) is 12.3. The summed E-state index contributed by atoms with van der Waals surface area (Å²) in [4.78, 5) is 7.24. The van der Waals surface area contributed by atoms with Gasteiger partial charge in [0.25, 0.3) is 0 Å². The van der Waals surface area contributed by atoms with Crippen molar-refractivity contribution in [1.29, 1.82) is 0 Å². The molecule has 24 heavy (non-hydrogen) atoms. The van der Waals surface area contributed by atoms with E-state index in [-0.39, 0.29) is 0 Å². The summed E-state index contributed by atoms with van der Waals surface area (Å²) < 4.78 is 0. The molecule has 1 aromatic heterocycles. The van der Waals surface area contributed by atoms with Crippen molar-refractivity contribution in [2.75, 3.05) is 13.1 Å². The van der Waals surface area contributed by atoms with Gasteiger partial charge < -0.3 is 15.7 Å². The minimum atomic E-state index is -0.553. The number of benzene rings is 1. The van der Waals surface area contributed by atoms with Crippen LogP contribution in [0.3, 0.4) is 0 Å². The van der Waals surface area contributed by atoms with Crippen molar-refractivity contribution >= 4 is 17.3 Å². The summed E-state index contributed by atoms with van der Waals surface area (Å²) in [5, 5.41) is 16.7. The highest BCUT2D eigenvalue weighted by molar-refractivity contribution is 7.11. The zero-order chi connectivity index (χ0) is 17.4. The smallest absolute Gasteiger partial charge is 0.191 e. The quantitative estimate of drug-likeness (QED) is 0.532. The van der Waals surface area contributed by atoms with Crippen molar-refractivity contribution in [1.82, 2.24) is 10.6 Å². The fourth-order valence-electron chi connectivity index (χ4n) is 2.30. The lowest BCUT2D eigenvalue weighted by Crippen LogP contribution is -2.39. The molecule has 0 aliphatic heterocycles. The number of thiophene rings is 1. The number of hydrogen-bond acceptors (Lipinski definition) is 3. The molecule has 130 valence electrons. The molecule has 0 amide bonds. The number of nitrogens with zero attached hydrogens (tertiary/aromatic N) is 1. The van der Waals surface area contributed by atoms with E-state index < -0.39 is 6.10 Å². The number of rotatable bonds is 7. The van der Waals surface area contributed by atoms with Crippen molar-refractivity contribution in [3.05, 3.63) is 57.3 Å². The van der Waals surface area contributed by atoms with Crippen molar-refractivity contribution in [2.45, 2.75) is 39.8 Å². The highest BCUT2D eigenvalue weighted by Gasteiger charge is 2.08. The normalized spacial score (nSPS) is 12.9. The van der Waals surface area contributed by atoms with Crippen LogP contribution in [0.5, 0.6) is 0 Å². The van der Waals surface area contributed by atoms with Gasteiger partial charge in [-0.3, -0.25) is 0 Å². The topological polar surface area (TPSA) is 56.7 Å². The Bertz CT molecular complexity index is 649. The third kappa shape index (κ3) is 5.65. The Morgan fingerprint density at radius 3 is 2.42 bits per heavy atom. The fourth-order valence-corrected chi connectivity index (χ4v) is 3.18. The van der Waals surface area contributed by atoms with Gasteiger partial charge in [-0.05, 0) is 38.0 Å². The molecule has 1 atom stereocenters. The third-order valence-corrected chi connectivity index (χ3v) is 4.94. The number of aryl methyl sites for hydroxylation is 2. The Morgan fingerprint density at radius 1 is 1.08 bits per heavy atom. The molecule has 0 aliphatic carbocycles.